The van der Waals surface area contributed by atoms with Gasteiger partial charge in [0.05, 0.1) is 12.2 Å². The Balaban J connectivity index is 2.12. The third kappa shape index (κ3) is 2.93. The van der Waals surface area contributed by atoms with Gasteiger partial charge in [-0.2, -0.15) is 0 Å². The topological polar surface area (TPSA) is 38.7 Å². The molecule has 1 aliphatic rings. The van der Waals surface area contributed by atoms with E-state index in [9.17, 15) is 5.11 Å². The molecule has 3 unspecified atom stereocenters. The summed E-state index contributed by atoms with van der Waals surface area (Å²) in [5.74, 6) is 0. The van der Waals surface area contributed by atoms with Crippen molar-refractivity contribution in [2.75, 3.05) is 13.2 Å². The molecule has 0 heterocycles. The van der Waals surface area contributed by atoms with E-state index in [4.69, 9.17) is 9.47 Å². The fourth-order valence-electron chi connectivity index (χ4n) is 1.51. The van der Waals surface area contributed by atoms with Crippen LogP contribution in [0.5, 0.6) is 0 Å². The van der Waals surface area contributed by atoms with E-state index in [1.165, 1.54) is 0 Å². The van der Waals surface area contributed by atoms with Gasteiger partial charge in [-0.3, -0.25) is 0 Å². The predicted molar refractivity (Wildman–Crippen MR) is 50.7 cm³/mol. The fraction of sp³-hybridized carbons (Fsp3) is 1.00. The van der Waals surface area contributed by atoms with Crippen LogP contribution >= 0.6 is 0 Å². The van der Waals surface area contributed by atoms with Crippen LogP contribution in [0.1, 0.15) is 33.1 Å². The zero-order chi connectivity index (χ0) is 9.68. The maximum atomic E-state index is 9.36. The molecule has 0 aromatic rings. The first kappa shape index (κ1) is 11.0. The molecule has 78 valence electrons. The third-order valence-corrected chi connectivity index (χ3v) is 2.41. The summed E-state index contributed by atoms with van der Waals surface area (Å²) < 4.78 is 10.9. The van der Waals surface area contributed by atoms with Gasteiger partial charge in [-0.15, -0.1) is 0 Å². The van der Waals surface area contributed by atoms with Crippen LogP contribution in [0.15, 0.2) is 0 Å². The van der Waals surface area contributed by atoms with Crippen molar-refractivity contribution >= 4 is 0 Å². The molecule has 0 spiro atoms. The summed E-state index contributed by atoms with van der Waals surface area (Å²) in [5, 5.41) is 9.36. The van der Waals surface area contributed by atoms with Crippen molar-refractivity contribution in [3.63, 3.8) is 0 Å². The molecule has 0 aromatic heterocycles. The van der Waals surface area contributed by atoms with E-state index < -0.39 is 0 Å². The molecule has 1 N–H and O–H groups in total. The summed E-state index contributed by atoms with van der Waals surface area (Å²) in [7, 11) is 0. The van der Waals surface area contributed by atoms with Crippen LogP contribution in [0, 0.1) is 0 Å². The van der Waals surface area contributed by atoms with Gasteiger partial charge in [-0.05, 0) is 13.3 Å². The number of unbranched alkanes of at least 4 members (excludes halogenated alkanes) is 1. The summed E-state index contributed by atoms with van der Waals surface area (Å²) in [5.41, 5.74) is 0. The van der Waals surface area contributed by atoms with Gasteiger partial charge < -0.3 is 14.6 Å². The molecule has 3 atom stereocenters. The van der Waals surface area contributed by atoms with Crippen LogP contribution in [-0.2, 0) is 9.47 Å². The normalized spacial score (nSPS) is 33.0. The molecule has 0 radical (unpaired) electrons. The van der Waals surface area contributed by atoms with E-state index in [0.29, 0.717) is 6.61 Å². The van der Waals surface area contributed by atoms with Crippen molar-refractivity contribution in [3.8, 4) is 0 Å². The fourth-order valence-corrected chi connectivity index (χ4v) is 1.51. The van der Waals surface area contributed by atoms with E-state index in [0.717, 1.165) is 25.9 Å². The molecular weight excluding hydrogens is 168 g/mol. The number of hydrogen-bond acceptors (Lipinski definition) is 3. The summed E-state index contributed by atoms with van der Waals surface area (Å²) in [6, 6.07) is 0. The molecule has 1 rings (SSSR count). The van der Waals surface area contributed by atoms with Gasteiger partial charge in [0.2, 0.25) is 0 Å². The summed E-state index contributed by atoms with van der Waals surface area (Å²) in [6.45, 7) is 5.51. The number of rotatable bonds is 6. The first-order valence-electron chi connectivity index (χ1n) is 5.20. The molecule has 0 bridgehead atoms. The number of ether oxygens (including phenoxy) is 2. The summed E-state index contributed by atoms with van der Waals surface area (Å²) in [6.07, 6.45) is 2.70. The quantitative estimate of drug-likeness (QED) is 0.639. The molecule has 1 saturated carbocycles. The monoisotopic (exact) mass is 188 g/mol. The average Bonchev–Trinajstić information content (AvgIpc) is 2.13. The van der Waals surface area contributed by atoms with Crippen LogP contribution in [0.25, 0.3) is 0 Å². The van der Waals surface area contributed by atoms with E-state index >= 15 is 0 Å². The van der Waals surface area contributed by atoms with E-state index in [1.54, 1.807) is 0 Å². The lowest BCUT2D eigenvalue weighted by atomic mass is 9.88. The molecule has 0 saturated heterocycles. The zero-order valence-electron chi connectivity index (χ0n) is 8.53. The standard InChI is InChI=1S/C10H20O3/c1-3-5-6-13-9-7-8(11)10(9)12-4-2/h8-11H,3-7H2,1-2H3. The van der Waals surface area contributed by atoms with Crippen molar-refractivity contribution in [1.82, 2.24) is 0 Å². The van der Waals surface area contributed by atoms with Crippen LogP contribution in [0.4, 0.5) is 0 Å². The van der Waals surface area contributed by atoms with Crippen LogP contribution < -0.4 is 0 Å². The van der Waals surface area contributed by atoms with Crippen LogP contribution in [0.2, 0.25) is 0 Å². The van der Waals surface area contributed by atoms with Gasteiger partial charge in [-0.1, -0.05) is 13.3 Å². The lowest BCUT2D eigenvalue weighted by molar-refractivity contribution is -0.190. The van der Waals surface area contributed by atoms with E-state index in [1.807, 2.05) is 6.92 Å². The molecule has 0 amide bonds. The van der Waals surface area contributed by atoms with Crippen LogP contribution in [0.3, 0.4) is 0 Å². The zero-order valence-corrected chi connectivity index (χ0v) is 8.53. The number of hydrogen-bond donors (Lipinski definition) is 1. The highest BCUT2D eigenvalue weighted by Crippen LogP contribution is 2.27. The second-order valence-electron chi connectivity index (χ2n) is 3.49. The molecule has 0 aliphatic heterocycles. The van der Waals surface area contributed by atoms with Gasteiger partial charge in [0.15, 0.2) is 0 Å². The Bertz CT molecular complexity index is 138. The molecule has 13 heavy (non-hydrogen) atoms. The second-order valence-corrected chi connectivity index (χ2v) is 3.49. The average molecular weight is 188 g/mol. The molecule has 1 aliphatic carbocycles. The van der Waals surface area contributed by atoms with Crippen molar-refractivity contribution in [3.05, 3.63) is 0 Å². The first-order valence-corrected chi connectivity index (χ1v) is 5.20. The van der Waals surface area contributed by atoms with Gasteiger partial charge in [-0.25, -0.2) is 0 Å². The molecule has 3 heteroatoms. The Labute approximate surface area is 80.0 Å². The highest BCUT2D eigenvalue weighted by Gasteiger charge is 2.41. The predicted octanol–water partition coefficient (Wildman–Crippen LogP) is 1.34. The van der Waals surface area contributed by atoms with E-state index in [2.05, 4.69) is 6.92 Å². The van der Waals surface area contributed by atoms with Gasteiger partial charge in [0, 0.05) is 19.6 Å². The Morgan fingerprint density at radius 1 is 1.31 bits per heavy atom. The lowest BCUT2D eigenvalue weighted by Crippen LogP contribution is -2.53. The first-order chi connectivity index (χ1) is 6.29. The van der Waals surface area contributed by atoms with Gasteiger partial charge in [0.1, 0.15) is 6.10 Å². The Morgan fingerprint density at radius 2 is 2.08 bits per heavy atom. The minimum Gasteiger partial charge on any atom is -0.390 e. The Morgan fingerprint density at radius 3 is 2.62 bits per heavy atom. The maximum Gasteiger partial charge on any atom is 0.110 e. The largest absolute Gasteiger partial charge is 0.390 e. The second kappa shape index (κ2) is 5.58. The van der Waals surface area contributed by atoms with Crippen LogP contribution in [-0.4, -0.2) is 36.6 Å². The summed E-state index contributed by atoms with van der Waals surface area (Å²) in [4.78, 5) is 0. The SMILES string of the molecule is CCCCOC1CC(O)C1OCC. The maximum absolute atomic E-state index is 9.36. The lowest BCUT2D eigenvalue weighted by Gasteiger charge is -2.40. The van der Waals surface area contributed by atoms with Gasteiger partial charge >= 0.3 is 0 Å². The van der Waals surface area contributed by atoms with Crippen molar-refractivity contribution in [2.24, 2.45) is 0 Å². The minimum atomic E-state index is -0.313. The number of aliphatic hydroxyl groups excluding tert-OH is 1. The third-order valence-electron chi connectivity index (χ3n) is 2.41. The Hall–Kier alpha value is -0.120. The number of aliphatic hydroxyl groups is 1. The highest BCUT2D eigenvalue weighted by molar-refractivity contribution is 4.91. The van der Waals surface area contributed by atoms with Crippen molar-refractivity contribution in [1.29, 1.82) is 0 Å². The van der Waals surface area contributed by atoms with Gasteiger partial charge in [0.25, 0.3) is 0 Å². The molecule has 3 nitrogen and oxygen atoms in total. The highest BCUT2D eigenvalue weighted by atomic mass is 16.6. The minimum absolute atomic E-state index is 0.0816. The van der Waals surface area contributed by atoms with Crippen molar-refractivity contribution < 1.29 is 14.6 Å². The molecule has 0 aromatic carbocycles. The van der Waals surface area contributed by atoms with E-state index in [-0.39, 0.29) is 18.3 Å². The smallest absolute Gasteiger partial charge is 0.110 e. The molecule has 1 fully saturated rings. The summed E-state index contributed by atoms with van der Waals surface area (Å²) >= 11 is 0. The molecular formula is C10H20O3. The van der Waals surface area contributed by atoms with Crippen molar-refractivity contribution in [2.45, 2.75) is 51.4 Å². The Kier molecular flexibility index (Phi) is 4.70.